The van der Waals surface area contributed by atoms with Gasteiger partial charge in [0.05, 0.1) is 17.6 Å². The van der Waals surface area contributed by atoms with Crippen LogP contribution < -0.4 is 10.1 Å². The first-order chi connectivity index (χ1) is 9.80. The number of aromatic nitrogens is 2. The highest BCUT2D eigenvalue weighted by atomic mass is 32.2. The minimum Gasteiger partial charge on any atom is -0.494 e. The van der Waals surface area contributed by atoms with Crippen molar-refractivity contribution in [1.29, 1.82) is 0 Å². The fraction of sp³-hybridized carbons (Fsp3) is 0.533. The molecule has 1 fully saturated rings. The minimum atomic E-state index is 0.604. The van der Waals surface area contributed by atoms with Crippen LogP contribution in [0.4, 0.5) is 0 Å². The van der Waals surface area contributed by atoms with Crippen molar-refractivity contribution in [1.82, 2.24) is 15.3 Å². The van der Waals surface area contributed by atoms with E-state index in [2.05, 4.69) is 22.3 Å². The number of H-pyrrole nitrogens is 1. The Kier molecular flexibility index (Phi) is 4.17. The van der Waals surface area contributed by atoms with Crippen molar-refractivity contribution in [3.05, 3.63) is 18.2 Å². The molecule has 1 heterocycles. The summed E-state index contributed by atoms with van der Waals surface area (Å²) in [5.74, 6) is 0.897. The average molecular weight is 291 g/mol. The van der Waals surface area contributed by atoms with E-state index in [0.717, 1.165) is 21.9 Å². The van der Waals surface area contributed by atoms with Crippen molar-refractivity contribution in [2.75, 3.05) is 13.7 Å². The monoisotopic (exact) mass is 291 g/mol. The third kappa shape index (κ3) is 2.79. The summed E-state index contributed by atoms with van der Waals surface area (Å²) >= 11 is 1.86. The number of ether oxygens (including phenoxy) is 1. The summed E-state index contributed by atoms with van der Waals surface area (Å²) < 4.78 is 5.53. The molecule has 0 aliphatic heterocycles. The second-order valence-electron chi connectivity index (χ2n) is 5.14. The number of nitrogens with one attached hydrogen (secondary N) is 2. The topological polar surface area (TPSA) is 49.9 Å². The molecule has 1 aliphatic carbocycles. The van der Waals surface area contributed by atoms with Crippen LogP contribution >= 0.6 is 11.8 Å². The zero-order valence-corrected chi connectivity index (χ0v) is 12.8. The smallest absolute Gasteiger partial charge is 0.166 e. The van der Waals surface area contributed by atoms with Gasteiger partial charge in [-0.3, -0.25) is 0 Å². The Hall–Kier alpha value is -1.20. The quantitative estimate of drug-likeness (QED) is 0.888. The van der Waals surface area contributed by atoms with E-state index in [1.165, 1.54) is 19.3 Å². The molecule has 1 aromatic carbocycles. The van der Waals surface area contributed by atoms with Crippen LogP contribution in [0, 0.1) is 0 Å². The number of hydrogen-bond acceptors (Lipinski definition) is 4. The SMILES string of the molecule is CCOc1ccc2nc(SC3CCCC3NC)[nH]c2c1. The number of benzene rings is 1. The zero-order chi connectivity index (χ0) is 13.9. The van der Waals surface area contributed by atoms with E-state index in [4.69, 9.17) is 4.74 Å². The van der Waals surface area contributed by atoms with Gasteiger partial charge in [-0.1, -0.05) is 18.2 Å². The highest BCUT2D eigenvalue weighted by Gasteiger charge is 2.27. The Morgan fingerprint density at radius 3 is 3.15 bits per heavy atom. The maximum atomic E-state index is 5.53. The molecule has 108 valence electrons. The molecule has 0 radical (unpaired) electrons. The first-order valence-electron chi connectivity index (χ1n) is 7.26. The summed E-state index contributed by atoms with van der Waals surface area (Å²) in [6.07, 6.45) is 3.83. The van der Waals surface area contributed by atoms with Crippen LogP contribution in [-0.2, 0) is 0 Å². The van der Waals surface area contributed by atoms with Crippen molar-refractivity contribution in [3.63, 3.8) is 0 Å². The lowest BCUT2D eigenvalue weighted by Crippen LogP contribution is -2.30. The molecule has 0 bridgehead atoms. The second kappa shape index (κ2) is 6.06. The van der Waals surface area contributed by atoms with E-state index in [-0.39, 0.29) is 0 Å². The van der Waals surface area contributed by atoms with Gasteiger partial charge in [0.15, 0.2) is 5.16 Å². The highest BCUT2D eigenvalue weighted by Crippen LogP contribution is 2.34. The van der Waals surface area contributed by atoms with Gasteiger partial charge in [0, 0.05) is 17.4 Å². The first kappa shape index (κ1) is 13.8. The predicted molar refractivity (Wildman–Crippen MR) is 83.6 cm³/mol. The van der Waals surface area contributed by atoms with Crippen LogP contribution in [0.1, 0.15) is 26.2 Å². The third-order valence-electron chi connectivity index (χ3n) is 3.83. The number of thioether (sulfide) groups is 1. The normalized spacial score (nSPS) is 22.5. The van der Waals surface area contributed by atoms with Crippen molar-refractivity contribution in [3.8, 4) is 5.75 Å². The van der Waals surface area contributed by atoms with Crippen molar-refractivity contribution in [2.45, 2.75) is 42.6 Å². The minimum absolute atomic E-state index is 0.604. The van der Waals surface area contributed by atoms with Gasteiger partial charge >= 0.3 is 0 Å². The molecule has 2 atom stereocenters. The molecule has 2 aromatic rings. The largest absolute Gasteiger partial charge is 0.494 e. The molecule has 4 nitrogen and oxygen atoms in total. The van der Waals surface area contributed by atoms with E-state index in [0.29, 0.717) is 17.9 Å². The Morgan fingerprint density at radius 2 is 2.35 bits per heavy atom. The summed E-state index contributed by atoms with van der Waals surface area (Å²) in [6.45, 7) is 2.68. The molecule has 5 heteroatoms. The molecule has 2 unspecified atom stereocenters. The molecule has 1 saturated carbocycles. The number of hydrogen-bond donors (Lipinski definition) is 2. The highest BCUT2D eigenvalue weighted by molar-refractivity contribution is 7.99. The van der Waals surface area contributed by atoms with Gasteiger partial charge in [-0.2, -0.15) is 0 Å². The maximum Gasteiger partial charge on any atom is 0.166 e. The molecule has 0 saturated heterocycles. The Morgan fingerprint density at radius 1 is 1.45 bits per heavy atom. The molecular weight excluding hydrogens is 270 g/mol. The van der Waals surface area contributed by atoms with Crippen LogP contribution in [0.2, 0.25) is 0 Å². The lowest BCUT2D eigenvalue weighted by Gasteiger charge is -2.16. The van der Waals surface area contributed by atoms with Gasteiger partial charge in [0.2, 0.25) is 0 Å². The van der Waals surface area contributed by atoms with Gasteiger partial charge in [-0.15, -0.1) is 0 Å². The molecule has 1 aliphatic rings. The van der Waals surface area contributed by atoms with E-state index in [1.54, 1.807) is 0 Å². The first-order valence-corrected chi connectivity index (χ1v) is 8.14. The van der Waals surface area contributed by atoms with Gasteiger partial charge in [-0.05, 0) is 38.9 Å². The lowest BCUT2D eigenvalue weighted by atomic mass is 10.2. The van der Waals surface area contributed by atoms with Gasteiger partial charge in [-0.25, -0.2) is 4.98 Å². The van der Waals surface area contributed by atoms with Crippen LogP contribution in [0.15, 0.2) is 23.4 Å². The van der Waals surface area contributed by atoms with Gasteiger partial charge < -0.3 is 15.0 Å². The Balaban J connectivity index is 1.78. The standard InChI is InChI=1S/C15H21N3OS/c1-3-19-10-7-8-11-13(9-10)18-15(17-11)20-14-6-4-5-12(14)16-2/h7-9,12,14,16H,3-6H2,1-2H3,(H,17,18). The Bertz CT molecular complexity index is 584. The van der Waals surface area contributed by atoms with Crippen LogP contribution in [0.5, 0.6) is 5.75 Å². The van der Waals surface area contributed by atoms with Gasteiger partial charge in [0.25, 0.3) is 0 Å². The fourth-order valence-electron chi connectivity index (χ4n) is 2.82. The molecule has 2 N–H and O–H groups in total. The van der Waals surface area contributed by atoms with E-state index in [9.17, 15) is 0 Å². The van der Waals surface area contributed by atoms with Crippen LogP contribution in [0.3, 0.4) is 0 Å². The van der Waals surface area contributed by atoms with Crippen molar-refractivity contribution < 1.29 is 4.74 Å². The number of imidazole rings is 1. The molecule has 3 rings (SSSR count). The average Bonchev–Trinajstić information content (AvgIpc) is 3.04. The number of nitrogens with zero attached hydrogens (tertiary/aromatic N) is 1. The number of aromatic amines is 1. The predicted octanol–water partition coefficient (Wildman–Crippen LogP) is 3.19. The molecule has 0 amide bonds. The summed E-state index contributed by atoms with van der Waals surface area (Å²) in [6, 6.07) is 6.63. The van der Waals surface area contributed by atoms with Gasteiger partial charge in [0.1, 0.15) is 5.75 Å². The van der Waals surface area contributed by atoms with E-state index in [1.807, 2.05) is 36.9 Å². The van der Waals surface area contributed by atoms with E-state index < -0.39 is 0 Å². The van der Waals surface area contributed by atoms with Crippen molar-refractivity contribution in [2.24, 2.45) is 0 Å². The zero-order valence-electron chi connectivity index (χ0n) is 12.0. The summed E-state index contributed by atoms with van der Waals surface area (Å²) in [5.41, 5.74) is 2.06. The van der Waals surface area contributed by atoms with Crippen molar-refractivity contribution >= 4 is 22.8 Å². The van der Waals surface area contributed by atoms with Crippen LogP contribution in [-0.4, -0.2) is 34.9 Å². The Labute approximate surface area is 123 Å². The summed E-state index contributed by atoms with van der Waals surface area (Å²) in [7, 11) is 2.05. The maximum absolute atomic E-state index is 5.53. The third-order valence-corrected chi connectivity index (χ3v) is 5.11. The number of fused-ring (bicyclic) bond motifs is 1. The molecule has 1 aromatic heterocycles. The fourth-order valence-corrected chi connectivity index (χ4v) is 4.15. The summed E-state index contributed by atoms with van der Waals surface area (Å²) in [5, 5.41) is 5.04. The molecule has 20 heavy (non-hydrogen) atoms. The van der Waals surface area contributed by atoms with Crippen LogP contribution in [0.25, 0.3) is 11.0 Å². The molecule has 0 spiro atoms. The second-order valence-corrected chi connectivity index (χ2v) is 6.36. The lowest BCUT2D eigenvalue weighted by molar-refractivity contribution is 0.340. The van der Waals surface area contributed by atoms with E-state index >= 15 is 0 Å². The summed E-state index contributed by atoms with van der Waals surface area (Å²) in [4.78, 5) is 8.08. The number of rotatable bonds is 5. The molecular formula is C15H21N3OS.